The molecule has 0 fully saturated rings. The van der Waals surface area contributed by atoms with Crippen molar-refractivity contribution in [2.45, 2.75) is 0 Å². The van der Waals surface area contributed by atoms with Crippen molar-refractivity contribution in [1.82, 2.24) is 0 Å². The molecule has 0 aromatic rings. The third-order valence-corrected chi connectivity index (χ3v) is 0.0975. The highest BCUT2D eigenvalue weighted by atomic mass is 17.7. The fraction of sp³-hybridized carbons (Fsp3) is 0. The summed E-state index contributed by atoms with van der Waals surface area (Å²) in [5, 5.41) is 16.5. The highest BCUT2D eigenvalue weighted by molar-refractivity contribution is 5.97. The molecule has 0 heterocycles. The van der Waals surface area contributed by atoms with Gasteiger partial charge in [0.05, 0.1) is 0 Å². The molecule has 0 amide bonds. The summed E-state index contributed by atoms with van der Waals surface area (Å²) >= 11 is 0. The molecule has 2 radical (unpaired) electrons. The van der Waals surface area contributed by atoms with Crippen LogP contribution in [0.15, 0.2) is 0 Å². The van der Waals surface area contributed by atoms with Crippen LogP contribution in [-0.4, -0.2) is 13.3 Å². The Hall–Kier alpha value is -0.135. The Bertz CT molecular complexity index is 15.9. The van der Waals surface area contributed by atoms with Gasteiger partial charge in [0.15, 0.2) is 0 Å². The van der Waals surface area contributed by atoms with Crippen molar-refractivity contribution in [3.8, 4) is 0 Å². The number of hydrogen-bond donors (Lipinski definition) is 1. The van der Waals surface area contributed by atoms with Crippen LogP contribution < -0.4 is 0 Å². The normalized spacial score (nSPS) is 8.83. The highest BCUT2D eigenvalue weighted by Gasteiger charge is 1.75. The summed E-state index contributed by atoms with van der Waals surface area (Å²) in [4.78, 5) is 3.28. The van der Waals surface area contributed by atoms with Crippen molar-refractivity contribution in [2.75, 3.05) is 0 Å². The van der Waals surface area contributed by atoms with Crippen molar-refractivity contribution < 1.29 is 25.2 Å². The molecule has 0 saturated heterocycles. The molecule has 1 N–H and O–H groups in total. The largest absolute Gasteiger partial charge is 0.342 e. The van der Waals surface area contributed by atoms with Gasteiger partial charge in [-0.3, -0.25) is 4.81 Å². The first-order valence-corrected chi connectivity index (χ1v) is 0.918. The second-order valence-electron chi connectivity index (χ2n) is 0.307. The Labute approximate surface area is 34.5 Å². The first-order chi connectivity index (χ1) is 2.91. The van der Waals surface area contributed by atoms with Gasteiger partial charge in [-0.15, -0.1) is 0 Å². The average molecular weight is 91.8 g/mol. The average Bonchev–Trinajstić information content (AvgIpc) is 1.61. The summed E-state index contributed by atoms with van der Waals surface area (Å²) in [5.74, 6) is 0. The molecule has 0 aliphatic rings. The minimum atomic E-state index is 2.86. The summed E-state index contributed by atoms with van der Waals surface area (Å²) in [7, 11) is 4.18. The second-order valence-corrected chi connectivity index (χ2v) is 0.307. The third kappa shape index (κ3) is 3.86. The van der Waals surface area contributed by atoms with E-state index in [0.717, 1.165) is 0 Å². The molecule has 0 bridgehead atoms. The van der Waals surface area contributed by atoms with Gasteiger partial charge in [-0.25, -0.2) is 5.26 Å². The predicted octanol–water partition coefficient (Wildman–Crippen LogP) is -0.646. The Morgan fingerprint density at radius 2 is 2.00 bits per heavy atom. The zero-order chi connectivity index (χ0) is 4.83. The molecule has 0 spiro atoms. The molecule has 5 nitrogen and oxygen atoms in total. The number of hydrogen-bond acceptors (Lipinski definition) is 5. The minimum Gasteiger partial charge on any atom is -0.286 e. The lowest BCUT2D eigenvalue weighted by atomic mass is 10.6. The van der Waals surface area contributed by atoms with Crippen molar-refractivity contribution in [2.24, 2.45) is 0 Å². The van der Waals surface area contributed by atoms with Crippen LogP contribution in [-0.2, 0) is 19.9 Å². The van der Waals surface area contributed by atoms with Gasteiger partial charge in [0.2, 0.25) is 0 Å². The van der Waals surface area contributed by atoms with E-state index in [-0.39, 0.29) is 0 Å². The zero-order valence-electron chi connectivity index (χ0n) is 2.66. The van der Waals surface area contributed by atoms with Crippen molar-refractivity contribution in [1.29, 1.82) is 0 Å². The summed E-state index contributed by atoms with van der Waals surface area (Å²) in [6, 6.07) is 0. The van der Waals surface area contributed by atoms with E-state index in [1.165, 1.54) is 0 Å². The molecule has 0 aromatic heterocycles. The van der Waals surface area contributed by atoms with Crippen LogP contribution in [0.25, 0.3) is 0 Å². The lowest BCUT2D eigenvalue weighted by Gasteiger charge is -1.87. The van der Waals surface area contributed by atoms with Gasteiger partial charge in [0.25, 0.3) is 0 Å². The van der Waals surface area contributed by atoms with Gasteiger partial charge >= 0.3 is 8.05 Å². The molecule has 0 rings (SSSR count). The van der Waals surface area contributed by atoms with E-state index in [0.29, 0.717) is 0 Å². The maximum absolute atomic E-state index is 7.21. The van der Waals surface area contributed by atoms with Crippen molar-refractivity contribution in [3.05, 3.63) is 0 Å². The molecule has 0 unspecified atom stereocenters. The molecule has 0 saturated carbocycles. The molecule has 0 aliphatic heterocycles. The van der Waals surface area contributed by atoms with Gasteiger partial charge in [-0.2, -0.15) is 0 Å². The zero-order valence-corrected chi connectivity index (χ0v) is 2.66. The van der Waals surface area contributed by atoms with Crippen LogP contribution in [0.3, 0.4) is 0 Å². The van der Waals surface area contributed by atoms with Gasteiger partial charge in [-0.05, 0) is 10.1 Å². The van der Waals surface area contributed by atoms with Crippen LogP contribution in [0.5, 0.6) is 0 Å². The maximum Gasteiger partial charge on any atom is 0.342 e. The summed E-state index contributed by atoms with van der Waals surface area (Å²) in [6.45, 7) is 0. The quantitative estimate of drug-likeness (QED) is 0.217. The fourth-order valence-electron chi connectivity index (χ4n) is 0.0285. The number of rotatable bonds is 3. The Morgan fingerprint density at radius 3 is 2.17 bits per heavy atom. The van der Waals surface area contributed by atoms with Crippen LogP contribution in [0.4, 0.5) is 0 Å². The van der Waals surface area contributed by atoms with Crippen molar-refractivity contribution in [3.63, 3.8) is 0 Å². The smallest absolute Gasteiger partial charge is 0.286 e. The lowest BCUT2D eigenvalue weighted by Crippen LogP contribution is -1.90. The Kier molecular flexibility index (Phi) is 4.76. The van der Waals surface area contributed by atoms with Crippen LogP contribution in [0.2, 0.25) is 0 Å². The Morgan fingerprint density at radius 1 is 1.33 bits per heavy atom. The molecule has 34 valence electrons. The fourth-order valence-corrected chi connectivity index (χ4v) is 0.0285. The summed E-state index contributed by atoms with van der Waals surface area (Å²) in [6.07, 6.45) is 0. The maximum atomic E-state index is 7.21. The standard InChI is InChI=1S/BHO5/c1-3-5-6-4-2/h2H. The van der Waals surface area contributed by atoms with Gasteiger partial charge in [0.1, 0.15) is 0 Å². The van der Waals surface area contributed by atoms with E-state index in [1.807, 2.05) is 0 Å². The van der Waals surface area contributed by atoms with Crippen LogP contribution in [0.1, 0.15) is 0 Å². The van der Waals surface area contributed by atoms with E-state index < -0.39 is 0 Å². The molecule has 6 heteroatoms. The predicted molar refractivity (Wildman–Crippen MR) is 12.7 cm³/mol. The van der Waals surface area contributed by atoms with E-state index in [1.54, 1.807) is 0 Å². The highest BCUT2D eigenvalue weighted by Crippen LogP contribution is 1.71. The van der Waals surface area contributed by atoms with Gasteiger partial charge in [0, 0.05) is 0 Å². The van der Waals surface area contributed by atoms with E-state index in [4.69, 9.17) is 5.26 Å². The minimum absolute atomic E-state index is 2.86. The molecular weight excluding hydrogens is 90.8 g/mol. The van der Waals surface area contributed by atoms with E-state index >= 15 is 0 Å². The van der Waals surface area contributed by atoms with E-state index in [9.17, 15) is 0 Å². The summed E-state index contributed by atoms with van der Waals surface area (Å²) in [5.41, 5.74) is 0. The molecule has 0 atom stereocenters. The first kappa shape index (κ1) is 5.86. The third-order valence-electron chi connectivity index (χ3n) is 0.0975. The topological polar surface area (TPSA) is 57.2 Å². The SMILES string of the molecule is [B]OOOOO. The Balaban J connectivity index is 2.34. The monoisotopic (exact) mass is 92.0 g/mol. The molecule has 6 heavy (non-hydrogen) atoms. The first-order valence-electron chi connectivity index (χ1n) is 0.918. The van der Waals surface area contributed by atoms with E-state index in [2.05, 4.69) is 28.0 Å². The van der Waals surface area contributed by atoms with Gasteiger partial charge in [-0.1, -0.05) is 5.04 Å². The molecular formula is HBO5. The summed E-state index contributed by atoms with van der Waals surface area (Å²) < 4.78 is 0. The van der Waals surface area contributed by atoms with Crippen LogP contribution in [0, 0.1) is 0 Å². The van der Waals surface area contributed by atoms with Crippen molar-refractivity contribution >= 4 is 8.05 Å². The lowest BCUT2D eigenvalue weighted by molar-refractivity contribution is -0.685. The van der Waals surface area contributed by atoms with Crippen LogP contribution >= 0.6 is 0 Å². The molecule has 0 aromatic carbocycles. The van der Waals surface area contributed by atoms with Gasteiger partial charge < -0.3 is 0 Å². The second kappa shape index (κ2) is 4.86. The molecule has 0 aliphatic carbocycles.